The van der Waals surface area contributed by atoms with Gasteiger partial charge in [0.1, 0.15) is 12.4 Å². The van der Waals surface area contributed by atoms with E-state index in [1.54, 1.807) is 11.3 Å². The van der Waals surface area contributed by atoms with Gasteiger partial charge >= 0.3 is 0 Å². The van der Waals surface area contributed by atoms with Gasteiger partial charge in [-0.2, -0.15) is 0 Å². The van der Waals surface area contributed by atoms with E-state index >= 15 is 0 Å². The maximum atomic E-state index is 13.1. The van der Waals surface area contributed by atoms with Crippen molar-refractivity contribution in [3.05, 3.63) is 88.1 Å². The minimum atomic E-state index is -1.02. The van der Waals surface area contributed by atoms with E-state index in [9.17, 15) is 15.0 Å². The number of aliphatic hydroxyl groups is 2. The molecule has 0 fully saturated rings. The third-order valence-corrected chi connectivity index (χ3v) is 6.63. The highest BCUT2D eigenvalue weighted by Gasteiger charge is 2.22. The highest BCUT2D eigenvalue weighted by atomic mass is 32.1. The lowest BCUT2D eigenvalue weighted by Gasteiger charge is -2.24. The van der Waals surface area contributed by atoms with E-state index in [1.807, 2.05) is 66.7 Å². The molecule has 4 aromatic rings. The Bertz CT molecular complexity index is 1250. The van der Waals surface area contributed by atoms with E-state index in [-0.39, 0.29) is 18.6 Å². The Kier molecular flexibility index (Phi) is 6.34. The lowest BCUT2D eigenvalue weighted by Crippen LogP contribution is -2.47. The topological polar surface area (TPSA) is 92.8 Å². The van der Waals surface area contributed by atoms with Crippen molar-refractivity contribution in [3.63, 3.8) is 0 Å². The van der Waals surface area contributed by atoms with Gasteiger partial charge in [-0.15, -0.1) is 11.3 Å². The Labute approximate surface area is 184 Å². The summed E-state index contributed by atoms with van der Waals surface area (Å²) in [7, 11) is 0. The lowest BCUT2D eigenvalue weighted by atomic mass is 9.93. The van der Waals surface area contributed by atoms with Gasteiger partial charge in [0.15, 0.2) is 5.43 Å². The molecule has 0 amide bonds. The first-order valence-corrected chi connectivity index (χ1v) is 11.0. The number of benzene rings is 3. The van der Waals surface area contributed by atoms with Gasteiger partial charge in [0.2, 0.25) is 0 Å². The van der Waals surface area contributed by atoms with Crippen LogP contribution in [0.25, 0.3) is 20.2 Å². The Morgan fingerprint density at radius 3 is 2.39 bits per heavy atom. The predicted octanol–water partition coefficient (Wildman–Crippen LogP) is 3.61. The zero-order chi connectivity index (χ0) is 21.8. The van der Waals surface area contributed by atoms with Gasteiger partial charge < -0.3 is 20.7 Å². The molecule has 4 N–H and O–H groups in total. The molecular weight excluding hydrogens is 410 g/mol. The van der Waals surface area contributed by atoms with Crippen LogP contribution >= 0.6 is 11.3 Å². The summed E-state index contributed by atoms with van der Waals surface area (Å²) in [5.74, 6) is 0.732. The van der Waals surface area contributed by atoms with Crippen molar-refractivity contribution >= 4 is 31.5 Å². The number of aryl methyl sites for hydroxylation is 1. The Balaban J connectivity index is 1.60. The number of fused-ring (bicyclic) bond motifs is 2. The Hall–Kier alpha value is -2.77. The number of nitrogens with two attached hydrogens (primary N) is 1. The first kappa shape index (κ1) is 21.5. The van der Waals surface area contributed by atoms with E-state index in [0.29, 0.717) is 30.2 Å². The van der Waals surface area contributed by atoms with Crippen molar-refractivity contribution in [3.8, 4) is 5.75 Å². The van der Waals surface area contributed by atoms with Crippen LogP contribution in [0.2, 0.25) is 0 Å². The second-order valence-electron chi connectivity index (χ2n) is 7.87. The molecule has 0 aliphatic rings. The number of hydrogen-bond donors (Lipinski definition) is 3. The Morgan fingerprint density at radius 1 is 0.871 bits per heavy atom. The van der Waals surface area contributed by atoms with Gasteiger partial charge in [-0.1, -0.05) is 36.4 Å². The molecule has 0 saturated carbocycles. The molecule has 5 nitrogen and oxygen atoms in total. The fraction of sp³-hybridized carbons (Fsp3) is 0.240. The maximum absolute atomic E-state index is 13.1. The van der Waals surface area contributed by atoms with Crippen molar-refractivity contribution < 1.29 is 14.9 Å². The lowest BCUT2D eigenvalue weighted by molar-refractivity contribution is 0.115. The molecule has 4 rings (SSSR count). The fourth-order valence-electron chi connectivity index (χ4n) is 3.47. The average molecular weight is 436 g/mol. The van der Waals surface area contributed by atoms with Crippen LogP contribution in [0.5, 0.6) is 5.75 Å². The molecule has 3 aromatic carbocycles. The molecule has 0 aliphatic carbocycles. The number of rotatable bonds is 8. The second-order valence-corrected chi connectivity index (χ2v) is 8.96. The van der Waals surface area contributed by atoms with E-state index < -0.39 is 5.54 Å². The molecular formula is C25H25NO4S. The minimum absolute atomic E-state index is 0.0106. The zero-order valence-electron chi connectivity index (χ0n) is 17.1. The first-order chi connectivity index (χ1) is 15.0. The molecule has 0 unspecified atom stereocenters. The number of aliphatic hydroxyl groups excluding tert-OH is 2. The summed E-state index contributed by atoms with van der Waals surface area (Å²) in [4.78, 5) is 13.1. The summed E-state index contributed by atoms with van der Waals surface area (Å²) in [6.07, 6.45) is 1.00. The molecule has 0 bridgehead atoms. The predicted molar refractivity (Wildman–Crippen MR) is 126 cm³/mol. The summed E-state index contributed by atoms with van der Waals surface area (Å²) >= 11 is 1.56. The highest BCUT2D eigenvalue weighted by Crippen LogP contribution is 2.29. The second kappa shape index (κ2) is 9.16. The van der Waals surface area contributed by atoms with Crippen molar-refractivity contribution in [2.75, 3.05) is 13.2 Å². The molecule has 0 saturated heterocycles. The zero-order valence-corrected chi connectivity index (χ0v) is 17.9. The van der Waals surface area contributed by atoms with Gasteiger partial charge in [-0.05, 0) is 54.3 Å². The van der Waals surface area contributed by atoms with Crippen LogP contribution in [0.4, 0.5) is 0 Å². The van der Waals surface area contributed by atoms with Crippen molar-refractivity contribution in [2.24, 2.45) is 5.73 Å². The maximum Gasteiger partial charge on any atom is 0.195 e. The van der Waals surface area contributed by atoms with Crippen LogP contribution in [0.15, 0.2) is 71.5 Å². The van der Waals surface area contributed by atoms with Crippen LogP contribution in [-0.4, -0.2) is 29.0 Å². The van der Waals surface area contributed by atoms with Crippen molar-refractivity contribution in [1.29, 1.82) is 0 Å². The summed E-state index contributed by atoms with van der Waals surface area (Å²) in [6.45, 7) is -0.0982. The van der Waals surface area contributed by atoms with Crippen LogP contribution in [0.3, 0.4) is 0 Å². The van der Waals surface area contributed by atoms with E-state index in [1.165, 1.54) is 0 Å². The summed E-state index contributed by atoms with van der Waals surface area (Å²) < 4.78 is 7.70. The molecule has 6 heteroatoms. The average Bonchev–Trinajstić information content (AvgIpc) is 2.82. The standard InChI is InChI=1S/C25H25NO4S/c26-25(15-27,16-28)11-10-17-6-9-22-21(12-17)24(29)20-8-7-19(13-23(20)31-22)30-14-18-4-2-1-3-5-18/h1-9,12-13,27-28H,10-11,14-16,26H2. The molecule has 0 atom stereocenters. The Morgan fingerprint density at radius 2 is 1.65 bits per heavy atom. The van der Waals surface area contributed by atoms with E-state index in [0.717, 1.165) is 26.3 Å². The monoisotopic (exact) mass is 435 g/mol. The van der Waals surface area contributed by atoms with Crippen LogP contribution < -0.4 is 15.9 Å². The summed E-state index contributed by atoms with van der Waals surface area (Å²) in [6, 6.07) is 21.3. The quantitative estimate of drug-likeness (QED) is 0.368. The smallest absolute Gasteiger partial charge is 0.195 e. The van der Waals surface area contributed by atoms with Gasteiger partial charge in [0, 0.05) is 20.2 Å². The largest absolute Gasteiger partial charge is 0.489 e. The van der Waals surface area contributed by atoms with Gasteiger partial charge in [0.05, 0.1) is 18.8 Å². The molecule has 1 heterocycles. The molecule has 0 aliphatic heterocycles. The normalized spacial score (nSPS) is 11.8. The third kappa shape index (κ3) is 4.78. The number of hydrogen-bond acceptors (Lipinski definition) is 6. The van der Waals surface area contributed by atoms with Crippen molar-refractivity contribution in [2.45, 2.75) is 25.0 Å². The molecule has 1 aromatic heterocycles. The molecule has 0 radical (unpaired) electrons. The van der Waals surface area contributed by atoms with Crippen LogP contribution in [-0.2, 0) is 13.0 Å². The molecule has 160 valence electrons. The van der Waals surface area contributed by atoms with Gasteiger partial charge in [-0.25, -0.2) is 0 Å². The third-order valence-electron chi connectivity index (χ3n) is 5.50. The SMILES string of the molecule is NC(CO)(CO)CCc1ccc2sc3cc(OCc4ccccc4)ccc3c(=O)c2c1. The van der Waals surface area contributed by atoms with Crippen LogP contribution in [0.1, 0.15) is 17.5 Å². The number of ether oxygens (including phenoxy) is 1. The first-order valence-electron chi connectivity index (χ1n) is 10.2. The molecule has 31 heavy (non-hydrogen) atoms. The summed E-state index contributed by atoms with van der Waals surface area (Å²) in [5, 5.41) is 20.1. The van der Waals surface area contributed by atoms with Gasteiger partial charge in [-0.3, -0.25) is 4.79 Å². The highest BCUT2D eigenvalue weighted by molar-refractivity contribution is 7.24. The molecule has 0 spiro atoms. The van der Waals surface area contributed by atoms with Crippen molar-refractivity contribution in [1.82, 2.24) is 0 Å². The fourth-order valence-corrected chi connectivity index (χ4v) is 4.55. The van der Waals surface area contributed by atoms with Gasteiger partial charge in [0.25, 0.3) is 0 Å². The summed E-state index contributed by atoms with van der Waals surface area (Å²) in [5.41, 5.74) is 6.98. The van der Waals surface area contributed by atoms with E-state index in [4.69, 9.17) is 10.5 Å². The van der Waals surface area contributed by atoms with E-state index in [2.05, 4.69) is 0 Å². The van der Waals surface area contributed by atoms with Crippen LogP contribution in [0, 0.1) is 0 Å². The minimum Gasteiger partial charge on any atom is -0.489 e.